The van der Waals surface area contributed by atoms with Crippen LogP contribution in [0.5, 0.6) is 0 Å². The van der Waals surface area contributed by atoms with Gasteiger partial charge in [-0.25, -0.2) is 8.42 Å². The molecule has 2 aromatic rings. The van der Waals surface area contributed by atoms with Gasteiger partial charge in [0.05, 0.1) is 23.0 Å². The summed E-state index contributed by atoms with van der Waals surface area (Å²) in [4.78, 5) is 10.7. The standard InChI is InChI=1S/C19H22N4O5S/c1-15(16-5-3-2-4-6-16)14-20-21-18-8-7-17(13-19(18)23(24)25)29(26,27)22-9-11-28-12-10-22/h2-8,13-15,21H,9-12H2,1H3/b20-14-/t15-/m1/s1. The maximum Gasteiger partial charge on any atom is 0.295 e. The van der Waals surface area contributed by atoms with E-state index in [0.717, 1.165) is 11.6 Å². The van der Waals surface area contributed by atoms with E-state index in [1.54, 1.807) is 6.21 Å². The molecule has 1 saturated heterocycles. The lowest BCUT2D eigenvalue weighted by Crippen LogP contribution is -2.40. The van der Waals surface area contributed by atoms with E-state index < -0.39 is 14.9 Å². The Morgan fingerprint density at radius 2 is 1.90 bits per heavy atom. The van der Waals surface area contributed by atoms with Gasteiger partial charge in [0.1, 0.15) is 5.69 Å². The fourth-order valence-electron chi connectivity index (χ4n) is 2.91. The van der Waals surface area contributed by atoms with Crippen LogP contribution in [0.25, 0.3) is 0 Å². The van der Waals surface area contributed by atoms with Crippen LogP contribution >= 0.6 is 0 Å². The summed E-state index contributed by atoms with van der Waals surface area (Å²) in [5, 5.41) is 15.6. The Balaban J connectivity index is 1.79. The fraction of sp³-hybridized carbons (Fsp3) is 0.316. The van der Waals surface area contributed by atoms with Crippen molar-refractivity contribution in [3.05, 3.63) is 64.2 Å². The number of anilines is 1. The van der Waals surface area contributed by atoms with E-state index in [1.165, 1.54) is 16.4 Å². The maximum atomic E-state index is 12.7. The summed E-state index contributed by atoms with van der Waals surface area (Å²) < 4.78 is 31.9. The van der Waals surface area contributed by atoms with Crippen molar-refractivity contribution in [2.24, 2.45) is 5.10 Å². The van der Waals surface area contributed by atoms with Gasteiger partial charge in [-0.1, -0.05) is 37.3 Å². The third-order valence-electron chi connectivity index (χ3n) is 4.58. The fourth-order valence-corrected chi connectivity index (χ4v) is 4.34. The Kier molecular flexibility index (Phi) is 6.57. The molecule has 0 amide bonds. The molecular formula is C19H22N4O5S. The lowest BCUT2D eigenvalue weighted by molar-refractivity contribution is -0.384. The van der Waals surface area contributed by atoms with Crippen LogP contribution in [0.4, 0.5) is 11.4 Å². The van der Waals surface area contributed by atoms with Crippen molar-refractivity contribution in [1.29, 1.82) is 0 Å². The minimum atomic E-state index is -3.82. The molecule has 0 radical (unpaired) electrons. The van der Waals surface area contributed by atoms with E-state index in [2.05, 4.69) is 10.5 Å². The van der Waals surface area contributed by atoms with E-state index in [0.29, 0.717) is 13.2 Å². The van der Waals surface area contributed by atoms with Gasteiger partial charge in [-0.3, -0.25) is 15.5 Å². The Hall–Kier alpha value is -2.82. The van der Waals surface area contributed by atoms with E-state index in [9.17, 15) is 18.5 Å². The first-order chi connectivity index (χ1) is 13.9. The van der Waals surface area contributed by atoms with Crippen LogP contribution in [-0.4, -0.2) is 50.2 Å². The average molecular weight is 418 g/mol. The molecule has 0 aromatic heterocycles. The van der Waals surface area contributed by atoms with Crippen LogP contribution in [-0.2, 0) is 14.8 Å². The van der Waals surface area contributed by atoms with Crippen LogP contribution in [0.15, 0.2) is 58.5 Å². The number of nitrogens with zero attached hydrogens (tertiary/aromatic N) is 3. The summed E-state index contributed by atoms with van der Waals surface area (Å²) in [6, 6.07) is 13.4. The number of nitro benzene ring substituents is 1. The van der Waals surface area contributed by atoms with Crippen molar-refractivity contribution in [3.63, 3.8) is 0 Å². The number of rotatable bonds is 7. The first kappa shape index (κ1) is 20.9. The van der Waals surface area contributed by atoms with Crippen molar-refractivity contribution in [2.75, 3.05) is 31.7 Å². The maximum absolute atomic E-state index is 12.7. The van der Waals surface area contributed by atoms with E-state index in [1.807, 2.05) is 37.3 Å². The minimum Gasteiger partial charge on any atom is -0.379 e. The van der Waals surface area contributed by atoms with Crippen LogP contribution in [0.3, 0.4) is 0 Å². The summed E-state index contributed by atoms with van der Waals surface area (Å²) in [5.41, 5.74) is 3.47. The highest BCUT2D eigenvalue weighted by molar-refractivity contribution is 7.89. The van der Waals surface area contributed by atoms with Gasteiger partial charge in [0, 0.05) is 31.3 Å². The van der Waals surface area contributed by atoms with Gasteiger partial charge in [-0.2, -0.15) is 9.41 Å². The van der Waals surface area contributed by atoms with Crippen molar-refractivity contribution >= 4 is 27.6 Å². The summed E-state index contributed by atoms with van der Waals surface area (Å²) in [6.45, 7) is 2.99. The lowest BCUT2D eigenvalue weighted by Gasteiger charge is -2.26. The molecule has 1 heterocycles. The molecule has 1 aliphatic rings. The van der Waals surface area contributed by atoms with Gasteiger partial charge in [0.25, 0.3) is 5.69 Å². The third-order valence-corrected chi connectivity index (χ3v) is 6.48. The predicted octanol–water partition coefficient (Wildman–Crippen LogP) is 2.82. The van der Waals surface area contributed by atoms with E-state index >= 15 is 0 Å². The highest BCUT2D eigenvalue weighted by Gasteiger charge is 2.28. The highest BCUT2D eigenvalue weighted by Crippen LogP contribution is 2.29. The van der Waals surface area contributed by atoms with E-state index in [4.69, 9.17) is 4.74 Å². The molecule has 1 atom stereocenters. The van der Waals surface area contributed by atoms with E-state index in [-0.39, 0.29) is 35.3 Å². The average Bonchev–Trinajstić information content (AvgIpc) is 2.74. The summed E-state index contributed by atoms with van der Waals surface area (Å²) in [5.74, 6) is 0.00345. The number of sulfonamides is 1. The molecule has 0 bridgehead atoms. The number of hydrazone groups is 1. The van der Waals surface area contributed by atoms with Gasteiger partial charge in [0.15, 0.2) is 0 Å². The zero-order chi connectivity index (χ0) is 20.9. The molecule has 10 heteroatoms. The molecule has 154 valence electrons. The molecular weight excluding hydrogens is 396 g/mol. The number of benzene rings is 2. The highest BCUT2D eigenvalue weighted by atomic mass is 32.2. The summed E-state index contributed by atoms with van der Waals surface area (Å²) in [7, 11) is -3.82. The first-order valence-corrected chi connectivity index (χ1v) is 10.5. The normalized spacial score (nSPS) is 16.6. The second kappa shape index (κ2) is 9.12. The first-order valence-electron chi connectivity index (χ1n) is 9.10. The van der Waals surface area contributed by atoms with Crippen molar-refractivity contribution in [3.8, 4) is 0 Å². The molecule has 0 saturated carbocycles. The number of nitro groups is 1. The van der Waals surface area contributed by atoms with Crippen molar-refractivity contribution in [1.82, 2.24) is 4.31 Å². The van der Waals surface area contributed by atoms with Crippen LogP contribution < -0.4 is 5.43 Å². The van der Waals surface area contributed by atoms with Gasteiger partial charge in [-0.15, -0.1) is 0 Å². The van der Waals surface area contributed by atoms with Crippen LogP contribution in [0.1, 0.15) is 18.4 Å². The van der Waals surface area contributed by atoms with Gasteiger partial charge >= 0.3 is 0 Å². The molecule has 1 N–H and O–H groups in total. The van der Waals surface area contributed by atoms with Crippen LogP contribution in [0, 0.1) is 10.1 Å². The van der Waals surface area contributed by atoms with Gasteiger partial charge in [-0.05, 0) is 17.7 Å². The second-order valence-corrected chi connectivity index (χ2v) is 8.48. The Morgan fingerprint density at radius 3 is 2.55 bits per heavy atom. The number of hydrogen-bond acceptors (Lipinski definition) is 7. The topological polar surface area (TPSA) is 114 Å². The summed E-state index contributed by atoms with van der Waals surface area (Å²) >= 11 is 0. The quantitative estimate of drug-likeness (QED) is 0.420. The number of hydrogen-bond donors (Lipinski definition) is 1. The number of nitrogens with one attached hydrogen (secondary N) is 1. The minimum absolute atomic E-state index is 0.00345. The number of ether oxygens (including phenoxy) is 1. The molecule has 9 nitrogen and oxygen atoms in total. The SMILES string of the molecule is C[C@H](/C=N\Nc1ccc(S(=O)(=O)N2CCOCC2)cc1[N+](=O)[O-])c1ccccc1. The zero-order valence-electron chi connectivity index (χ0n) is 15.9. The molecule has 2 aromatic carbocycles. The molecule has 0 unspecified atom stereocenters. The second-order valence-electron chi connectivity index (χ2n) is 6.54. The largest absolute Gasteiger partial charge is 0.379 e. The smallest absolute Gasteiger partial charge is 0.295 e. The van der Waals surface area contributed by atoms with Crippen LogP contribution in [0.2, 0.25) is 0 Å². The Morgan fingerprint density at radius 1 is 1.21 bits per heavy atom. The molecule has 29 heavy (non-hydrogen) atoms. The Bertz CT molecular complexity index is 989. The monoisotopic (exact) mass is 418 g/mol. The third kappa shape index (κ3) is 4.97. The molecule has 3 rings (SSSR count). The van der Waals surface area contributed by atoms with Crippen molar-refractivity contribution < 1.29 is 18.1 Å². The molecule has 1 aliphatic heterocycles. The lowest BCUT2D eigenvalue weighted by atomic mass is 10.0. The predicted molar refractivity (Wildman–Crippen MR) is 110 cm³/mol. The van der Waals surface area contributed by atoms with Gasteiger partial charge in [0.2, 0.25) is 10.0 Å². The number of morpholine rings is 1. The molecule has 1 fully saturated rings. The molecule has 0 spiro atoms. The molecule has 0 aliphatic carbocycles. The Labute approximate surface area is 169 Å². The summed E-state index contributed by atoms with van der Waals surface area (Å²) in [6.07, 6.45) is 1.64. The van der Waals surface area contributed by atoms with Gasteiger partial charge < -0.3 is 4.74 Å². The van der Waals surface area contributed by atoms with Crippen molar-refractivity contribution in [2.45, 2.75) is 17.7 Å². The zero-order valence-corrected chi connectivity index (χ0v) is 16.7.